The van der Waals surface area contributed by atoms with E-state index < -0.39 is 10.0 Å². The summed E-state index contributed by atoms with van der Waals surface area (Å²) in [5, 5.41) is 0. The number of piperidine rings is 1. The van der Waals surface area contributed by atoms with Crippen LogP contribution in [0.15, 0.2) is 29.2 Å². The maximum atomic E-state index is 12.4. The summed E-state index contributed by atoms with van der Waals surface area (Å²) < 4.78 is 26.3. The molecule has 0 unspecified atom stereocenters. The van der Waals surface area contributed by atoms with Gasteiger partial charge < -0.3 is 0 Å². The number of nitrogens with zero attached hydrogens (tertiary/aromatic N) is 1. The molecular weight excluding hydrogens is 274 g/mol. The van der Waals surface area contributed by atoms with E-state index in [1.54, 1.807) is 12.1 Å². The number of carbonyl (C=O) groups is 1. The molecule has 110 valence electrons. The van der Waals surface area contributed by atoms with Crippen LogP contribution in [0, 0.1) is 0 Å². The van der Waals surface area contributed by atoms with Crippen LogP contribution in [-0.4, -0.2) is 31.6 Å². The van der Waals surface area contributed by atoms with Crippen LogP contribution in [-0.2, 0) is 21.2 Å². The van der Waals surface area contributed by atoms with Crippen molar-refractivity contribution in [3.05, 3.63) is 29.8 Å². The van der Waals surface area contributed by atoms with Gasteiger partial charge in [0.1, 0.15) is 5.78 Å². The Morgan fingerprint density at radius 3 is 2.25 bits per heavy atom. The fourth-order valence-corrected chi connectivity index (χ4v) is 3.78. The van der Waals surface area contributed by atoms with E-state index in [1.165, 1.54) is 9.87 Å². The standard InChI is InChI=1S/C15H21NO3S/c1-2-3-4-13-5-7-15(8-6-13)20(18,19)16-11-9-14(17)10-12-16/h5-8H,2-4,9-12H2,1H3. The second-order valence-electron chi connectivity index (χ2n) is 5.19. The minimum Gasteiger partial charge on any atom is -0.300 e. The maximum absolute atomic E-state index is 12.4. The molecule has 0 bridgehead atoms. The summed E-state index contributed by atoms with van der Waals surface area (Å²) in [5.41, 5.74) is 1.17. The van der Waals surface area contributed by atoms with Crippen LogP contribution in [0.5, 0.6) is 0 Å². The number of rotatable bonds is 5. The molecule has 2 rings (SSSR count). The SMILES string of the molecule is CCCCc1ccc(S(=O)(=O)N2CCC(=O)CC2)cc1. The first-order valence-electron chi connectivity index (χ1n) is 7.15. The number of ketones is 1. The smallest absolute Gasteiger partial charge is 0.243 e. The monoisotopic (exact) mass is 295 g/mol. The average molecular weight is 295 g/mol. The Bertz CT molecular complexity index is 553. The van der Waals surface area contributed by atoms with Crippen LogP contribution in [0.4, 0.5) is 0 Å². The summed E-state index contributed by atoms with van der Waals surface area (Å²) in [7, 11) is -3.44. The first-order valence-corrected chi connectivity index (χ1v) is 8.59. The number of aryl methyl sites for hydroxylation is 1. The lowest BCUT2D eigenvalue weighted by Gasteiger charge is -2.25. The summed E-state index contributed by atoms with van der Waals surface area (Å²) in [6.07, 6.45) is 3.87. The summed E-state index contributed by atoms with van der Waals surface area (Å²) in [6.45, 7) is 2.74. The Morgan fingerprint density at radius 2 is 1.70 bits per heavy atom. The van der Waals surface area contributed by atoms with Crippen LogP contribution in [0.25, 0.3) is 0 Å². The predicted molar refractivity (Wildman–Crippen MR) is 78.1 cm³/mol. The lowest BCUT2D eigenvalue weighted by atomic mass is 10.1. The van der Waals surface area contributed by atoms with Gasteiger partial charge in [-0.05, 0) is 30.5 Å². The Balaban J connectivity index is 2.11. The van der Waals surface area contributed by atoms with E-state index in [0.29, 0.717) is 30.8 Å². The quantitative estimate of drug-likeness (QED) is 0.838. The van der Waals surface area contributed by atoms with E-state index in [1.807, 2.05) is 12.1 Å². The van der Waals surface area contributed by atoms with Gasteiger partial charge in [-0.25, -0.2) is 8.42 Å². The number of hydrogen-bond acceptors (Lipinski definition) is 3. The normalized spacial score (nSPS) is 17.4. The highest BCUT2D eigenvalue weighted by Crippen LogP contribution is 2.20. The zero-order valence-electron chi connectivity index (χ0n) is 11.8. The molecular formula is C15H21NO3S. The third kappa shape index (κ3) is 3.46. The Kier molecular flexibility index (Phi) is 4.94. The fraction of sp³-hybridized carbons (Fsp3) is 0.533. The van der Waals surface area contributed by atoms with Gasteiger partial charge in [0.05, 0.1) is 4.90 Å². The molecule has 0 saturated carbocycles. The number of hydrogen-bond donors (Lipinski definition) is 0. The van der Waals surface area contributed by atoms with Crippen LogP contribution in [0.3, 0.4) is 0 Å². The molecule has 0 radical (unpaired) electrons. The molecule has 4 nitrogen and oxygen atoms in total. The van der Waals surface area contributed by atoms with Crippen molar-refractivity contribution in [2.45, 2.75) is 43.9 Å². The molecule has 1 aliphatic heterocycles. The second kappa shape index (κ2) is 6.50. The van der Waals surface area contributed by atoms with Crippen LogP contribution in [0.2, 0.25) is 0 Å². The third-order valence-electron chi connectivity index (χ3n) is 3.66. The average Bonchev–Trinajstić information content (AvgIpc) is 2.46. The fourth-order valence-electron chi connectivity index (χ4n) is 2.33. The van der Waals surface area contributed by atoms with Crippen LogP contribution < -0.4 is 0 Å². The van der Waals surface area contributed by atoms with Crippen molar-refractivity contribution in [1.29, 1.82) is 0 Å². The summed E-state index contributed by atoms with van der Waals surface area (Å²) in [6, 6.07) is 7.13. The first kappa shape index (κ1) is 15.2. The van der Waals surface area contributed by atoms with Gasteiger partial charge in [-0.1, -0.05) is 25.5 Å². The largest absolute Gasteiger partial charge is 0.300 e. The van der Waals surface area contributed by atoms with Crippen molar-refractivity contribution in [2.24, 2.45) is 0 Å². The molecule has 20 heavy (non-hydrogen) atoms. The Morgan fingerprint density at radius 1 is 1.10 bits per heavy atom. The van der Waals surface area contributed by atoms with Gasteiger partial charge in [0, 0.05) is 25.9 Å². The van der Waals surface area contributed by atoms with Crippen molar-refractivity contribution in [3.63, 3.8) is 0 Å². The number of unbranched alkanes of at least 4 members (excludes halogenated alkanes) is 1. The first-order chi connectivity index (χ1) is 9.54. The maximum Gasteiger partial charge on any atom is 0.243 e. The molecule has 0 aromatic heterocycles. The van der Waals surface area contributed by atoms with E-state index in [9.17, 15) is 13.2 Å². The van der Waals surface area contributed by atoms with E-state index in [4.69, 9.17) is 0 Å². The molecule has 0 atom stereocenters. The highest BCUT2D eigenvalue weighted by atomic mass is 32.2. The molecule has 1 aromatic carbocycles. The number of Topliss-reactive ketones (excluding diaryl/α,β-unsaturated/α-hetero) is 1. The van der Waals surface area contributed by atoms with Crippen molar-refractivity contribution in [1.82, 2.24) is 4.31 Å². The van der Waals surface area contributed by atoms with E-state index >= 15 is 0 Å². The number of benzene rings is 1. The molecule has 0 spiro atoms. The lowest BCUT2D eigenvalue weighted by molar-refractivity contribution is -0.120. The Hall–Kier alpha value is -1.20. The van der Waals surface area contributed by atoms with Gasteiger partial charge in [0.2, 0.25) is 10.0 Å². The van der Waals surface area contributed by atoms with Crippen molar-refractivity contribution < 1.29 is 13.2 Å². The van der Waals surface area contributed by atoms with Gasteiger partial charge in [0.25, 0.3) is 0 Å². The Labute approximate surface area is 120 Å². The van der Waals surface area contributed by atoms with Crippen molar-refractivity contribution in [3.8, 4) is 0 Å². The van der Waals surface area contributed by atoms with Gasteiger partial charge in [0.15, 0.2) is 0 Å². The lowest BCUT2D eigenvalue weighted by Crippen LogP contribution is -2.38. The van der Waals surface area contributed by atoms with Crippen LogP contribution >= 0.6 is 0 Å². The second-order valence-corrected chi connectivity index (χ2v) is 7.13. The number of sulfonamides is 1. The molecule has 0 amide bonds. The molecule has 1 fully saturated rings. The van der Waals surface area contributed by atoms with Crippen molar-refractivity contribution in [2.75, 3.05) is 13.1 Å². The minimum atomic E-state index is -3.44. The van der Waals surface area contributed by atoms with E-state index in [-0.39, 0.29) is 5.78 Å². The molecule has 5 heteroatoms. The predicted octanol–water partition coefficient (Wildman–Crippen LogP) is 2.38. The van der Waals surface area contributed by atoms with Gasteiger partial charge >= 0.3 is 0 Å². The third-order valence-corrected chi connectivity index (χ3v) is 5.57. The van der Waals surface area contributed by atoms with Crippen molar-refractivity contribution >= 4 is 15.8 Å². The molecule has 1 heterocycles. The minimum absolute atomic E-state index is 0.145. The summed E-state index contributed by atoms with van der Waals surface area (Å²) in [5.74, 6) is 0.145. The zero-order chi connectivity index (χ0) is 14.6. The summed E-state index contributed by atoms with van der Waals surface area (Å²) >= 11 is 0. The number of carbonyl (C=O) groups excluding carboxylic acids is 1. The van der Waals surface area contributed by atoms with E-state index in [0.717, 1.165) is 19.3 Å². The molecule has 1 aliphatic rings. The molecule has 0 aliphatic carbocycles. The highest BCUT2D eigenvalue weighted by Gasteiger charge is 2.28. The van der Waals surface area contributed by atoms with E-state index in [2.05, 4.69) is 6.92 Å². The van der Waals surface area contributed by atoms with Crippen LogP contribution in [0.1, 0.15) is 38.2 Å². The van der Waals surface area contributed by atoms with Gasteiger partial charge in [-0.2, -0.15) is 4.31 Å². The summed E-state index contributed by atoms with van der Waals surface area (Å²) in [4.78, 5) is 11.5. The topological polar surface area (TPSA) is 54.5 Å². The molecule has 0 N–H and O–H groups in total. The molecule has 1 aromatic rings. The zero-order valence-corrected chi connectivity index (χ0v) is 12.7. The van der Waals surface area contributed by atoms with Gasteiger partial charge in [-0.15, -0.1) is 0 Å². The van der Waals surface area contributed by atoms with Gasteiger partial charge in [-0.3, -0.25) is 4.79 Å². The molecule has 1 saturated heterocycles. The highest BCUT2D eigenvalue weighted by molar-refractivity contribution is 7.89.